The number of carbonyl (C=O) groups excluding carboxylic acids is 1. The minimum Gasteiger partial charge on any atom is -0.497 e. The molecule has 2 aromatic heterocycles. The first-order valence-corrected chi connectivity index (χ1v) is 8.08. The minimum absolute atomic E-state index is 0.130. The van der Waals surface area contributed by atoms with E-state index in [2.05, 4.69) is 20.3 Å². The van der Waals surface area contributed by atoms with Crippen LogP contribution >= 0.6 is 23.4 Å². The summed E-state index contributed by atoms with van der Waals surface area (Å²) in [6.45, 7) is 0. The van der Waals surface area contributed by atoms with Crippen LogP contribution in [0.2, 0.25) is 5.02 Å². The molecule has 6 nitrogen and oxygen atoms in total. The SMILES string of the molecule is COc1cccc(NC(=O)CSc2nc3ncc(Cl)cc3[nH]2)c1. The molecule has 0 fully saturated rings. The first-order chi connectivity index (χ1) is 11.1. The highest BCUT2D eigenvalue weighted by molar-refractivity contribution is 7.99. The zero-order valence-corrected chi connectivity index (χ0v) is 13.7. The van der Waals surface area contributed by atoms with Crippen LogP contribution in [0.15, 0.2) is 41.7 Å². The van der Waals surface area contributed by atoms with Gasteiger partial charge in [0.1, 0.15) is 5.75 Å². The number of hydrogen-bond donors (Lipinski definition) is 2. The zero-order valence-electron chi connectivity index (χ0n) is 12.2. The van der Waals surface area contributed by atoms with E-state index in [9.17, 15) is 4.79 Å². The van der Waals surface area contributed by atoms with Crippen molar-refractivity contribution in [2.75, 3.05) is 18.2 Å². The number of pyridine rings is 1. The molecule has 3 aromatic rings. The van der Waals surface area contributed by atoms with E-state index in [4.69, 9.17) is 16.3 Å². The molecule has 3 rings (SSSR count). The number of anilines is 1. The maximum absolute atomic E-state index is 12.0. The molecule has 2 heterocycles. The van der Waals surface area contributed by atoms with Gasteiger partial charge in [-0.15, -0.1) is 0 Å². The van der Waals surface area contributed by atoms with Crippen molar-refractivity contribution in [1.82, 2.24) is 15.0 Å². The van der Waals surface area contributed by atoms with Crippen molar-refractivity contribution in [3.63, 3.8) is 0 Å². The number of aromatic nitrogens is 3. The maximum atomic E-state index is 12.0. The lowest BCUT2D eigenvalue weighted by Crippen LogP contribution is -2.14. The Bertz CT molecular complexity index is 852. The van der Waals surface area contributed by atoms with Gasteiger partial charge < -0.3 is 15.0 Å². The van der Waals surface area contributed by atoms with Crippen molar-refractivity contribution in [2.24, 2.45) is 0 Å². The summed E-state index contributed by atoms with van der Waals surface area (Å²) in [5.74, 6) is 0.787. The quantitative estimate of drug-likeness (QED) is 0.691. The molecule has 118 valence electrons. The lowest BCUT2D eigenvalue weighted by molar-refractivity contribution is -0.113. The van der Waals surface area contributed by atoms with Crippen LogP contribution in [-0.4, -0.2) is 33.7 Å². The van der Waals surface area contributed by atoms with Crippen LogP contribution in [0.1, 0.15) is 0 Å². The fraction of sp³-hybridized carbons (Fsp3) is 0.133. The lowest BCUT2D eigenvalue weighted by Gasteiger charge is -2.06. The van der Waals surface area contributed by atoms with Gasteiger partial charge in [0.15, 0.2) is 10.8 Å². The summed E-state index contributed by atoms with van der Waals surface area (Å²) < 4.78 is 5.12. The number of benzene rings is 1. The summed E-state index contributed by atoms with van der Waals surface area (Å²) in [5.41, 5.74) is 2.01. The van der Waals surface area contributed by atoms with E-state index < -0.39 is 0 Å². The number of nitrogens with zero attached hydrogens (tertiary/aromatic N) is 2. The van der Waals surface area contributed by atoms with E-state index in [1.165, 1.54) is 18.0 Å². The molecule has 0 bridgehead atoms. The molecule has 0 aliphatic rings. The van der Waals surface area contributed by atoms with Crippen molar-refractivity contribution in [3.8, 4) is 5.75 Å². The van der Waals surface area contributed by atoms with Crippen LogP contribution in [0.3, 0.4) is 0 Å². The number of fused-ring (bicyclic) bond motifs is 1. The number of ether oxygens (including phenoxy) is 1. The van der Waals surface area contributed by atoms with E-state index in [-0.39, 0.29) is 11.7 Å². The van der Waals surface area contributed by atoms with Gasteiger partial charge in [0.25, 0.3) is 0 Å². The number of thioether (sulfide) groups is 1. The summed E-state index contributed by atoms with van der Waals surface area (Å²) >= 11 is 7.18. The number of hydrogen-bond acceptors (Lipinski definition) is 5. The Kier molecular flexibility index (Phi) is 4.68. The largest absolute Gasteiger partial charge is 0.497 e. The molecule has 0 aliphatic carbocycles. The van der Waals surface area contributed by atoms with E-state index in [0.717, 1.165) is 5.52 Å². The van der Waals surface area contributed by atoms with Crippen molar-refractivity contribution in [1.29, 1.82) is 0 Å². The van der Waals surface area contributed by atoms with E-state index in [0.29, 0.717) is 27.3 Å². The molecular formula is C15H13ClN4O2S. The van der Waals surface area contributed by atoms with Gasteiger partial charge in [0.05, 0.1) is 23.4 Å². The molecule has 0 radical (unpaired) electrons. The molecule has 2 N–H and O–H groups in total. The van der Waals surface area contributed by atoms with Crippen LogP contribution in [0, 0.1) is 0 Å². The first kappa shape index (κ1) is 15.6. The maximum Gasteiger partial charge on any atom is 0.234 e. The number of imidazole rings is 1. The second-order valence-corrected chi connectivity index (χ2v) is 6.04. The highest BCUT2D eigenvalue weighted by atomic mass is 35.5. The smallest absolute Gasteiger partial charge is 0.234 e. The number of H-pyrrole nitrogens is 1. The van der Waals surface area contributed by atoms with Gasteiger partial charge in [0, 0.05) is 18.0 Å². The standard InChI is InChI=1S/C15H13ClN4O2S/c1-22-11-4-2-3-10(6-11)18-13(21)8-23-15-19-12-5-9(16)7-17-14(12)20-15/h2-7H,8H2,1H3,(H,18,21)(H,17,19,20). The summed E-state index contributed by atoms with van der Waals surface area (Å²) in [6, 6.07) is 8.94. The zero-order chi connectivity index (χ0) is 16.2. The topological polar surface area (TPSA) is 79.9 Å². The second-order valence-electron chi connectivity index (χ2n) is 4.64. The molecule has 0 saturated heterocycles. The molecule has 0 spiro atoms. The third-order valence-corrected chi connectivity index (χ3v) is 4.06. The molecule has 0 atom stereocenters. The fourth-order valence-electron chi connectivity index (χ4n) is 1.95. The van der Waals surface area contributed by atoms with Crippen LogP contribution in [0.5, 0.6) is 5.75 Å². The Balaban J connectivity index is 1.61. The predicted molar refractivity (Wildman–Crippen MR) is 91.2 cm³/mol. The van der Waals surface area contributed by atoms with Gasteiger partial charge in [-0.1, -0.05) is 29.4 Å². The average molecular weight is 349 g/mol. The molecule has 23 heavy (non-hydrogen) atoms. The number of halogens is 1. The molecule has 8 heteroatoms. The van der Waals surface area contributed by atoms with Crippen LogP contribution in [-0.2, 0) is 4.79 Å². The third kappa shape index (κ3) is 3.94. The third-order valence-electron chi connectivity index (χ3n) is 2.98. The Hall–Kier alpha value is -2.25. The summed E-state index contributed by atoms with van der Waals surface area (Å²) in [4.78, 5) is 23.5. The van der Waals surface area contributed by atoms with Crippen LogP contribution in [0.25, 0.3) is 11.2 Å². The molecule has 1 amide bonds. The number of carbonyl (C=O) groups is 1. The van der Waals surface area contributed by atoms with Gasteiger partial charge >= 0.3 is 0 Å². The Morgan fingerprint density at radius 3 is 3.13 bits per heavy atom. The molecule has 0 aliphatic heterocycles. The van der Waals surface area contributed by atoms with Gasteiger partial charge in [-0.2, -0.15) is 0 Å². The monoisotopic (exact) mass is 348 g/mol. The highest BCUT2D eigenvalue weighted by Gasteiger charge is 2.09. The predicted octanol–water partition coefficient (Wildman–Crippen LogP) is 3.35. The van der Waals surface area contributed by atoms with Crippen molar-refractivity contribution >= 4 is 46.1 Å². The van der Waals surface area contributed by atoms with E-state index >= 15 is 0 Å². The highest BCUT2D eigenvalue weighted by Crippen LogP contribution is 2.21. The van der Waals surface area contributed by atoms with Crippen molar-refractivity contribution < 1.29 is 9.53 Å². The fourth-order valence-corrected chi connectivity index (χ4v) is 2.78. The first-order valence-electron chi connectivity index (χ1n) is 6.72. The minimum atomic E-state index is -0.130. The van der Waals surface area contributed by atoms with Crippen LogP contribution in [0.4, 0.5) is 5.69 Å². The number of rotatable bonds is 5. The van der Waals surface area contributed by atoms with Crippen LogP contribution < -0.4 is 10.1 Å². The van der Waals surface area contributed by atoms with Crippen molar-refractivity contribution in [2.45, 2.75) is 5.16 Å². The second kappa shape index (κ2) is 6.89. The van der Waals surface area contributed by atoms with Gasteiger partial charge in [0.2, 0.25) is 5.91 Å². The van der Waals surface area contributed by atoms with Gasteiger partial charge in [-0.05, 0) is 18.2 Å². The Morgan fingerprint density at radius 1 is 1.43 bits per heavy atom. The Labute approximate surface area is 141 Å². The van der Waals surface area contributed by atoms with E-state index in [1.54, 1.807) is 25.3 Å². The lowest BCUT2D eigenvalue weighted by atomic mass is 10.3. The number of methoxy groups -OCH3 is 1. The Morgan fingerprint density at radius 2 is 2.30 bits per heavy atom. The molecule has 1 aromatic carbocycles. The average Bonchev–Trinajstić information content (AvgIpc) is 2.95. The van der Waals surface area contributed by atoms with Crippen molar-refractivity contribution in [3.05, 3.63) is 41.6 Å². The summed E-state index contributed by atoms with van der Waals surface area (Å²) in [6.07, 6.45) is 1.54. The number of aromatic amines is 1. The van der Waals surface area contributed by atoms with Gasteiger partial charge in [-0.25, -0.2) is 9.97 Å². The molecule has 0 saturated carbocycles. The van der Waals surface area contributed by atoms with Gasteiger partial charge in [-0.3, -0.25) is 4.79 Å². The molecular weight excluding hydrogens is 336 g/mol. The molecule has 0 unspecified atom stereocenters. The summed E-state index contributed by atoms with van der Waals surface area (Å²) in [7, 11) is 1.58. The normalized spacial score (nSPS) is 10.7. The number of amides is 1. The summed E-state index contributed by atoms with van der Waals surface area (Å²) in [5, 5.41) is 3.97. The number of nitrogens with one attached hydrogen (secondary N) is 2. The van der Waals surface area contributed by atoms with E-state index in [1.807, 2.05) is 12.1 Å².